The molecule has 2 heteroatoms. The third-order valence-corrected chi connectivity index (χ3v) is 4.32. The minimum absolute atomic E-state index is 0.206. The van der Waals surface area contributed by atoms with Crippen molar-refractivity contribution in [2.45, 2.75) is 58.3 Å². The summed E-state index contributed by atoms with van der Waals surface area (Å²) in [5, 5.41) is 0. The van der Waals surface area contributed by atoms with Crippen LogP contribution in [0.4, 0.5) is 4.39 Å². The molecule has 82 valence electrons. The van der Waals surface area contributed by atoms with E-state index in [1.807, 2.05) is 0 Å². The first-order valence-electron chi connectivity index (χ1n) is 5.75. The fourth-order valence-electron chi connectivity index (χ4n) is 3.11. The molecule has 0 amide bonds. The summed E-state index contributed by atoms with van der Waals surface area (Å²) in [5.41, 5.74) is 0.349. The van der Waals surface area contributed by atoms with Crippen molar-refractivity contribution in [2.24, 2.45) is 11.3 Å². The van der Waals surface area contributed by atoms with Crippen LogP contribution in [0, 0.1) is 11.3 Å². The van der Waals surface area contributed by atoms with Crippen LogP contribution in [0.15, 0.2) is 0 Å². The number of rotatable bonds is 0. The lowest BCUT2D eigenvalue weighted by Gasteiger charge is -2.42. The quantitative estimate of drug-likeness (QED) is 0.580. The van der Waals surface area contributed by atoms with Gasteiger partial charge < -0.3 is 0 Å². The highest BCUT2D eigenvalue weighted by molar-refractivity contribution is 5.00. The molecule has 2 bridgehead atoms. The van der Waals surface area contributed by atoms with Gasteiger partial charge in [-0.3, -0.25) is 4.90 Å². The third kappa shape index (κ3) is 1.58. The summed E-state index contributed by atoms with van der Waals surface area (Å²) in [5.74, 6) is 0.703. The average molecular weight is 199 g/mol. The molecule has 4 unspecified atom stereocenters. The highest BCUT2D eigenvalue weighted by Gasteiger charge is 2.47. The molecule has 0 aromatic carbocycles. The summed E-state index contributed by atoms with van der Waals surface area (Å²) >= 11 is 0. The van der Waals surface area contributed by atoms with Crippen LogP contribution in [-0.2, 0) is 0 Å². The van der Waals surface area contributed by atoms with E-state index in [4.69, 9.17) is 0 Å². The van der Waals surface area contributed by atoms with Crippen molar-refractivity contribution >= 4 is 0 Å². The Morgan fingerprint density at radius 3 is 2.29 bits per heavy atom. The van der Waals surface area contributed by atoms with Gasteiger partial charge in [0, 0.05) is 12.1 Å². The topological polar surface area (TPSA) is 3.24 Å². The molecule has 2 heterocycles. The Labute approximate surface area is 86.7 Å². The van der Waals surface area contributed by atoms with Crippen LogP contribution in [0.25, 0.3) is 0 Å². The smallest absolute Gasteiger partial charge is 0.117 e. The van der Waals surface area contributed by atoms with E-state index in [1.165, 1.54) is 6.42 Å². The largest absolute Gasteiger partial charge is 0.297 e. The number of hydrogen-bond acceptors (Lipinski definition) is 1. The molecule has 1 nitrogen and oxygen atoms in total. The van der Waals surface area contributed by atoms with Crippen molar-refractivity contribution in [3.63, 3.8) is 0 Å². The molecule has 0 spiro atoms. The van der Waals surface area contributed by atoms with Crippen LogP contribution in [0.3, 0.4) is 0 Å². The van der Waals surface area contributed by atoms with E-state index in [2.05, 4.69) is 32.7 Å². The Kier molecular flexibility index (Phi) is 2.37. The molecule has 0 aromatic rings. The first-order chi connectivity index (χ1) is 6.39. The molecule has 0 saturated carbocycles. The summed E-state index contributed by atoms with van der Waals surface area (Å²) in [6.07, 6.45) is 2.44. The van der Waals surface area contributed by atoms with Gasteiger partial charge in [0.05, 0.1) is 0 Å². The SMILES string of the molecule is CN1C2CC(F)C1CC(C(C)(C)C)C2. The minimum Gasteiger partial charge on any atom is -0.297 e. The Balaban J connectivity index is 2.11. The summed E-state index contributed by atoms with van der Waals surface area (Å²) in [6, 6.07) is 0.714. The van der Waals surface area contributed by atoms with Gasteiger partial charge >= 0.3 is 0 Å². The second kappa shape index (κ2) is 3.19. The number of piperidine rings is 1. The maximum absolute atomic E-state index is 13.6. The van der Waals surface area contributed by atoms with E-state index in [0.29, 0.717) is 17.4 Å². The normalized spacial score (nSPS) is 44.4. The van der Waals surface area contributed by atoms with Crippen molar-refractivity contribution in [2.75, 3.05) is 7.05 Å². The number of hydrogen-bond donors (Lipinski definition) is 0. The molecule has 0 aliphatic carbocycles. The van der Waals surface area contributed by atoms with Crippen LogP contribution in [0.5, 0.6) is 0 Å². The van der Waals surface area contributed by atoms with Gasteiger partial charge in [0.25, 0.3) is 0 Å². The highest BCUT2D eigenvalue weighted by Crippen LogP contribution is 2.45. The zero-order valence-electron chi connectivity index (χ0n) is 9.76. The van der Waals surface area contributed by atoms with Crippen molar-refractivity contribution in [1.82, 2.24) is 4.90 Å². The fourth-order valence-corrected chi connectivity index (χ4v) is 3.11. The maximum atomic E-state index is 13.6. The molecule has 2 fully saturated rings. The Hall–Kier alpha value is -0.110. The van der Waals surface area contributed by atoms with E-state index >= 15 is 0 Å². The number of alkyl halides is 1. The second-order valence-electron chi connectivity index (χ2n) is 6.17. The molecular formula is C12H22FN. The third-order valence-electron chi connectivity index (χ3n) is 4.32. The summed E-state index contributed by atoms with van der Waals surface area (Å²) in [4.78, 5) is 2.27. The number of halogens is 1. The predicted molar refractivity (Wildman–Crippen MR) is 57.0 cm³/mol. The molecule has 2 aliphatic rings. The lowest BCUT2D eigenvalue weighted by Crippen LogP contribution is -2.44. The van der Waals surface area contributed by atoms with Crippen LogP contribution >= 0.6 is 0 Å². The van der Waals surface area contributed by atoms with Gasteiger partial charge in [0.15, 0.2) is 0 Å². The molecule has 14 heavy (non-hydrogen) atoms. The summed E-state index contributed by atoms with van der Waals surface area (Å²) in [7, 11) is 2.09. The lowest BCUT2D eigenvalue weighted by molar-refractivity contribution is 0.0615. The zero-order chi connectivity index (χ0) is 10.5. The Morgan fingerprint density at radius 1 is 1.14 bits per heavy atom. The highest BCUT2D eigenvalue weighted by atomic mass is 19.1. The van der Waals surface area contributed by atoms with Gasteiger partial charge in [0.2, 0.25) is 0 Å². The summed E-state index contributed by atoms with van der Waals surface area (Å²) < 4.78 is 13.6. The van der Waals surface area contributed by atoms with E-state index in [0.717, 1.165) is 12.8 Å². The van der Waals surface area contributed by atoms with Crippen molar-refractivity contribution in [1.29, 1.82) is 0 Å². The van der Waals surface area contributed by atoms with Crippen LogP contribution in [0.2, 0.25) is 0 Å². The summed E-state index contributed by atoms with van der Waals surface area (Å²) in [6.45, 7) is 6.86. The first-order valence-corrected chi connectivity index (χ1v) is 5.75. The number of fused-ring (bicyclic) bond motifs is 2. The maximum Gasteiger partial charge on any atom is 0.117 e. The molecule has 4 atom stereocenters. The van der Waals surface area contributed by atoms with Crippen LogP contribution in [-0.4, -0.2) is 30.2 Å². The Morgan fingerprint density at radius 2 is 1.79 bits per heavy atom. The average Bonchev–Trinajstić information content (AvgIpc) is 2.26. The number of nitrogens with zero attached hydrogens (tertiary/aromatic N) is 1. The van der Waals surface area contributed by atoms with Gasteiger partial charge in [-0.05, 0) is 37.6 Å². The van der Waals surface area contributed by atoms with Gasteiger partial charge in [0.1, 0.15) is 6.17 Å². The predicted octanol–water partition coefficient (Wildman–Crippen LogP) is 2.85. The fraction of sp³-hybridized carbons (Fsp3) is 1.00. The monoisotopic (exact) mass is 199 g/mol. The molecule has 2 saturated heterocycles. The van der Waals surface area contributed by atoms with Crippen molar-refractivity contribution in [3.05, 3.63) is 0 Å². The van der Waals surface area contributed by atoms with E-state index in [-0.39, 0.29) is 6.04 Å². The van der Waals surface area contributed by atoms with Crippen LogP contribution in [0.1, 0.15) is 40.0 Å². The minimum atomic E-state index is -0.572. The van der Waals surface area contributed by atoms with Crippen LogP contribution < -0.4 is 0 Å². The molecule has 2 rings (SSSR count). The second-order valence-corrected chi connectivity index (χ2v) is 6.17. The van der Waals surface area contributed by atoms with Gasteiger partial charge in [-0.25, -0.2) is 4.39 Å². The lowest BCUT2D eigenvalue weighted by atomic mass is 9.73. The van der Waals surface area contributed by atoms with E-state index in [1.54, 1.807) is 0 Å². The molecule has 0 radical (unpaired) electrons. The van der Waals surface area contributed by atoms with Gasteiger partial charge in [-0.2, -0.15) is 0 Å². The molecular weight excluding hydrogens is 177 g/mol. The molecule has 2 aliphatic heterocycles. The molecule has 0 N–H and O–H groups in total. The van der Waals surface area contributed by atoms with Gasteiger partial charge in [-0.1, -0.05) is 20.8 Å². The molecule has 0 aromatic heterocycles. The zero-order valence-corrected chi connectivity index (χ0v) is 9.76. The van der Waals surface area contributed by atoms with Crippen molar-refractivity contribution in [3.8, 4) is 0 Å². The van der Waals surface area contributed by atoms with Crippen molar-refractivity contribution < 1.29 is 4.39 Å². The first kappa shape index (κ1) is 10.4. The van der Waals surface area contributed by atoms with E-state index < -0.39 is 6.17 Å². The standard InChI is InChI=1S/C12H22FN/c1-12(2,3)8-5-9-7-10(13)11(6-8)14(9)4/h8-11H,5-7H2,1-4H3. The van der Waals surface area contributed by atoms with Gasteiger partial charge in [-0.15, -0.1) is 0 Å². The Bertz CT molecular complexity index is 221. The van der Waals surface area contributed by atoms with E-state index in [9.17, 15) is 4.39 Å².